The zero-order valence-corrected chi connectivity index (χ0v) is 39.8. The molecule has 2 unspecified atom stereocenters. The molecule has 15 nitrogen and oxygen atoms in total. The Kier molecular flexibility index (Phi) is 12.6. The van der Waals surface area contributed by atoms with Gasteiger partial charge in [-0.15, -0.1) is 0 Å². The minimum atomic E-state index is -4.18. The molecule has 2 atom stereocenters. The number of nitrogens with one attached hydrogen (secondary N) is 1. The van der Waals surface area contributed by atoms with Crippen LogP contribution in [0.4, 0.5) is 19.5 Å². The number of amides is 1. The van der Waals surface area contributed by atoms with Crippen LogP contribution in [0.15, 0.2) is 88.8 Å². The van der Waals surface area contributed by atoms with Crippen LogP contribution in [0, 0.1) is 18.6 Å². The van der Waals surface area contributed by atoms with Crippen LogP contribution >= 0.6 is 0 Å². The van der Waals surface area contributed by atoms with Gasteiger partial charge in [-0.25, -0.2) is 35.9 Å². The Balaban J connectivity index is 1.10. The predicted octanol–water partition coefficient (Wildman–Crippen LogP) is 7.83. The summed E-state index contributed by atoms with van der Waals surface area (Å²) in [7, 11) is -2.61. The fourth-order valence-electron chi connectivity index (χ4n) is 10.3. The highest BCUT2D eigenvalue weighted by Crippen LogP contribution is 2.45. The first-order chi connectivity index (χ1) is 33.1. The molecule has 69 heavy (non-hydrogen) atoms. The van der Waals surface area contributed by atoms with Crippen LogP contribution in [0.2, 0.25) is 0 Å². The third kappa shape index (κ3) is 9.36. The molecule has 3 aromatic carbocycles. The molecule has 4 aliphatic rings. The molecule has 364 valence electrons. The van der Waals surface area contributed by atoms with Gasteiger partial charge in [0.15, 0.2) is 11.9 Å². The standard InChI is InChI=1S/C51H57F2N7O8S/c1-32-7-12-39(13-8-32)69(64,65)60-22-17-40-42(30-57(3)47(61)45(40)60)33-9-14-43-41(26-33)46(55-48(54-43)59-20-15-37(16-21-59)58-23-18-50(2,19-24-58)56-49(62)63)51(68-38-10-11-38,31-67-44-6-4-5-25-66-44)34-27-35(52)29-36(53)28-34/h7-9,12-14,17,22,26-30,37-38,44,56H,4-6,10-11,15-16,18-21,23-25,31H2,1-3H3,(H,62,63). The summed E-state index contributed by atoms with van der Waals surface area (Å²) in [6.07, 6.45) is 8.05. The average Bonchev–Trinajstić information content (AvgIpc) is 4.03. The van der Waals surface area contributed by atoms with Gasteiger partial charge in [-0.3, -0.25) is 4.79 Å². The largest absolute Gasteiger partial charge is 0.465 e. The van der Waals surface area contributed by atoms with Gasteiger partial charge in [0.2, 0.25) is 5.95 Å². The fraction of sp³-hybridized carbons (Fsp3) is 0.451. The minimum Gasteiger partial charge on any atom is -0.465 e. The van der Waals surface area contributed by atoms with Gasteiger partial charge in [-0.1, -0.05) is 23.8 Å². The Morgan fingerprint density at radius 2 is 1.65 bits per heavy atom. The van der Waals surface area contributed by atoms with Gasteiger partial charge < -0.3 is 39.0 Å². The lowest BCUT2D eigenvalue weighted by atomic mass is 9.87. The molecular weight excluding hydrogens is 909 g/mol. The van der Waals surface area contributed by atoms with Crippen LogP contribution in [0.3, 0.4) is 0 Å². The Morgan fingerprint density at radius 1 is 0.928 bits per heavy atom. The lowest BCUT2D eigenvalue weighted by Gasteiger charge is -2.45. The molecule has 1 saturated carbocycles. The average molecular weight is 966 g/mol. The van der Waals surface area contributed by atoms with E-state index in [2.05, 4.69) is 15.1 Å². The van der Waals surface area contributed by atoms with Gasteiger partial charge in [0.1, 0.15) is 17.2 Å². The van der Waals surface area contributed by atoms with E-state index in [9.17, 15) is 23.1 Å². The summed E-state index contributed by atoms with van der Waals surface area (Å²) in [4.78, 5) is 40.6. The SMILES string of the molecule is Cc1ccc(S(=O)(=O)n2ccc3c(-c4ccc5nc(N6CCC(N7CCC(C)(NC(=O)O)CC7)CC6)nc(C(COC6CCCCO6)(OC6CC6)c6cc(F)cc(F)c6)c5c4)cn(C)c(=O)c32)cc1. The number of rotatable bonds is 13. The smallest absolute Gasteiger partial charge is 0.405 e. The van der Waals surface area contributed by atoms with Crippen molar-refractivity contribution in [2.75, 3.05) is 44.3 Å². The highest BCUT2D eigenvalue weighted by molar-refractivity contribution is 7.90. The number of carboxylic acid groups (broad SMARTS) is 1. The van der Waals surface area contributed by atoms with Crippen molar-refractivity contribution >= 4 is 43.9 Å². The molecule has 18 heteroatoms. The highest BCUT2D eigenvalue weighted by atomic mass is 32.2. The van der Waals surface area contributed by atoms with Crippen LogP contribution in [0.25, 0.3) is 32.9 Å². The van der Waals surface area contributed by atoms with Crippen molar-refractivity contribution in [1.82, 2.24) is 28.7 Å². The van der Waals surface area contributed by atoms with Gasteiger partial charge >= 0.3 is 6.09 Å². The minimum absolute atomic E-state index is 0.0241. The van der Waals surface area contributed by atoms with Crippen molar-refractivity contribution in [3.63, 3.8) is 0 Å². The molecule has 3 aromatic heterocycles. The molecule has 6 aromatic rings. The molecule has 3 aliphatic heterocycles. The van der Waals surface area contributed by atoms with Crippen molar-refractivity contribution in [3.8, 4) is 11.1 Å². The van der Waals surface area contributed by atoms with E-state index < -0.39 is 50.7 Å². The van der Waals surface area contributed by atoms with Crippen molar-refractivity contribution in [2.45, 2.75) is 106 Å². The van der Waals surface area contributed by atoms with Gasteiger partial charge in [0.05, 0.1) is 28.8 Å². The molecule has 6 heterocycles. The van der Waals surface area contributed by atoms with Crippen molar-refractivity contribution in [1.29, 1.82) is 0 Å². The van der Waals surface area contributed by atoms with Crippen LogP contribution in [0.1, 0.15) is 81.5 Å². The fourth-order valence-corrected chi connectivity index (χ4v) is 11.6. The number of aromatic nitrogens is 4. The first-order valence-corrected chi connectivity index (χ1v) is 25.3. The Hall–Kier alpha value is -5.79. The molecule has 0 spiro atoms. The number of piperidine rings is 2. The van der Waals surface area contributed by atoms with Gasteiger partial charge in [-0.2, -0.15) is 0 Å². The van der Waals surface area contributed by atoms with Gasteiger partial charge in [0.25, 0.3) is 15.6 Å². The molecule has 10 rings (SSSR count). The number of hydrogen-bond donors (Lipinski definition) is 2. The number of fused-ring (bicyclic) bond motifs is 2. The summed E-state index contributed by atoms with van der Waals surface area (Å²) in [6.45, 7) is 6.90. The second kappa shape index (κ2) is 18.5. The number of pyridine rings is 1. The van der Waals surface area contributed by atoms with Gasteiger partial charge in [0, 0.05) is 86.2 Å². The highest BCUT2D eigenvalue weighted by Gasteiger charge is 2.46. The Labute approximate surface area is 399 Å². The number of carbonyl (C=O) groups is 1. The van der Waals surface area contributed by atoms with Crippen molar-refractivity contribution in [2.24, 2.45) is 7.05 Å². The second-order valence-electron chi connectivity index (χ2n) is 19.4. The molecule has 0 radical (unpaired) electrons. The molecular formula is C51H57F2N7O8S. The number of halogens is 2. The molecule has 3 saturated heterocycles. The Bertz CT molecular complexity index is 3060. The van der Waals surface area contributed by atoms with E-state index in [1.54, 1.807) is 31.4 Å². The predicted molar refractivity (Wildman–Crippen MR) is 256 cm³/mol. The number of nitrogens with zero attached hydrogens (tertiary/aromatic N) is 6. The van der Waals surface area contributed by atoms with E-state index in [0.29, 0.717) is 90.9 Å². The second-order valence-corrected chi connectivity index (χ2v) is 21.2. The first kappa shape index (κ1) is 46.9. The normalized spacial score (nSPS) is 20.3. The van der Waals surface area contributed by atoms with E-state index in [1.165, 1.54) is 35.0 Å². The monoisotopic (exact) mass is 965 g/mol. The van der Waals surface area contributed by atoms with Gasteiger partial charge in [-0.05, 0) is 125 Å². The van der Waals surface area contributed by atoms with E-state index in [1.807, 2.05) is 32.0 Å². The molecule has 1 amide bonds. The summed E-state index contributed by atoms with van der Waals surface area (Å²) in [5.41, 5.74) is 0.405. The number of aryl methyl sites for hydroxylation is 2. The lowest BCUT2D eigenvalue weighted by Crippen LogP contribution is -2.56. The number of anilines is 1. The maximum atomic E-state index is 15.6. The van der Waals surface area contributed by atoms with E-state index in [4.69, 9.17) is 24.2 Å². The maximum Gasteiger partial charge on any atom is 0.405 e. The third-order valence-corrected chi connectivity index (χ3v) is 16.0. The number of likely N-dealkylation sites (tertiary alicyclic amines) is 1. The topological polar surface area (TPSA) is 170 Å². The van der Waals surface area contributed by atoms with Crippen LogP contribution in [0.5, 0.6) is 0 Å². The molecule has 2 N–H and O–H groups in total. The number of benzene rings is 3. The van der Waals surface area contributed by atoms with E-state index >= 15 is 8.78 Å². The first-order valence-electron chi connectivity index (χ1n) is 23.8. The van der Waals surface area contributed by atoms with Crippen LogP contribution in [-0.2, 0) is 36.9 Å². The zero-order valence-electron chi connectivity index (χ0n) is 39.0. The van der Waals surface area contributed by atoms with Crippen LogP contribution < -0.4 is 15.8 Å². The Morgan fingerprint density at radius 3 is 2.32 bits per heavy atom. The molecule has 4 fully saturated rings. The van der Waals surface area contributed by atoms with E-state index in [0.717, 1.165) is 54.4 Å². The summed E-state index contributed by atoms with van der Waals surface area (Å²) < 4.78 is 81.5. The summed E-state index contributed by atoms with van der Waals surface area (Å²) >= 11 is 0. The quantitative estimate of drug-likeness (QED) is 0.115. The number of ether oxygens (including phenoxy) is 3. The number of hydrogen-bond acceptors (Lipinski definition) is 11. The third-order valence-electron chi connectivity index (χ3n) is 14.3. The summed E-state index contributed by atoms with van der Waals surface area (Å²) in [5.74, 6) is -1.17. The molecule has 0 bridgehead atoms. The van der Waals surface area contributed by atoms with E-state index in [-0.39, 0.29) is 34.7 Å². The maximum absolute atomic E-state index is 15.6. The van der Waals surface area contributed by atoms with Crippen LogP contribution in [-0.4, -0.2) is 106 Å². The molecule has 1 aliphatic carbocycles. The van der Waals surface area contributed by atoms with Crippen molar-refractivity contribution < 1.29 is 41.3 Å². The lowest BCUT2D eigenvalue weighted by molar-refractivity contribution is -0.197. The van der Waals surface area contributed by atoms with Crippen molar-refractivity contribution in [3.05, 3.63) is 118 Å². The summed E-state index contributed by atoms with van der Waals surface area (Å²) in [6, 6.07) is 17.3. The zero-order chi connectivity index (χ0) is 48.2. The summed E-state index contributed by atoms with van der Waals surface area (Å²) in [5, 5.41) is 13.0.